The Balaban J connectivity index is 2.35. The van der Waals surface area contributed by atoms with Crippen molar-refractivity contribution in [2.24, 2.45) is 0 Å². The van der Waals surface area contributed by atoms with Crippen LogP contribution in [0, 0.1) is 6.92 Å². The number of anilines is 1. The van der Waals surface area contributed by atoms with Crippen molar-refractivity contribution in [3.8, 4) is 5.75 Å². The summed E-state index contributed by atoms with van der Waals surface area (Å²) in [4.78, 5) is 0.237. The SMILES string of the molecule is COc1ccc(S(=O)(=O)N(C)c2ccc(C)cc2)cc1. The third kappa shape index (κ3) is 2.77. The van der Waals surface area contributed by atoms with Crippen molar-refractivity contribution in [2.45, 2.75) is 11.8 Å². The normalized spacial score (nSPS) is 11.2. The molecule has 0 heterocycles. The molecule has 0 aliphatic rings. The van der Waals surface area contributed by atoms with E-state index in [9.17, 15) is 8.42 Å². The lowest BCUT2D eigenvalue weighted by Gasteiger charge is -2.19. The molecule has 0 saturated heterocycles. The minimum absolute atomic E-state index is 0.237. The van der Waals surface area contributed by atoms with Crippen molar-refractivity contribution in [1.82, 2.24) is 0 Å². The maximum absolute atomic E-state index is 12.5. The summed E-state index contributed by atoms with van der Waals surface area (Å²) >= 11 is 0. The maximum atomic E-state index is 12.5. The van der Waals surface area contributed by atoms with Gasteiger partial charge in [0.25, 0.3) is 10.0 Å². The van der Waals surface area contributed by atoms with Gasteiger partial charge in [-0.2, -0.15) is 0 Å². The molecule has 4 nitrogen and oxygen atoms in total. The van der Waals surface area contributed by atoms with E-state index in [1.165, 1.54) is 4.31 Å². The fourth-order valence-corrected chi connectivity index (χ4v) is 2.99. The van der Waals surface area contributed by atoms with Crippen LogP contribution in [0.2, 0.25) is 0 Å². The molecule has 0 N–H and O–H groups in total. The van der Waals surface area contributed by atoms with Crippen molar-refractivity contribution in [3.05, 3.63) is 54.1 Å². The van der Waals surface area contributed by atoms with E-state index in [0.717, 1.165) is 5.56 Å². The third-order valence-electron chi connectivity index (χ3n) is 3.12. The largest absolute Gasteiger partial charge is 0.497 e. The van der Waals surface area contributed by atoms with Gasteiger partial charge in [0.2, 0.25) is 0 Å². The molecule has 106 valence electrons. The number of nitrogens with zero attached hydrogens (tertiary/aromatic N) is 1. The number of ether oxygens (including phenoxy) is 1. The predicted octanol–water partition coefficient (Wildman–Crippen LogP) is 2.83. The minimum atomic E-state index is -3.55. The number of aryl methyl sites for hydroxylation is 1. The first-order chi connectivity index (χ1) is 9.45. The van der Waals surface area contributed by atoms with Gasteiger partial charge in [0, 0.05) is 7.05 Å². The second-order valence-electron chi connectivity index (χ2n) is 4.48. The van der Waals surface area contributed by atoms with Gasteiger partial charge in [-0.1, -0.05) is 17.7 Å². The number of sulfonamides is 1. The van der Waals surface area contributed by atoms with Gasteiger partial charge in [0.1, 0.15) is 5.75 Å². The molecule has 0 amide bonds. The Labute approximate surface area is 119 Å². The van der Waals surface area contributed by atoms with Gasteiger partial charge in [-0.25, -0.2) is 8.42 Å². The van der Waals surface area contributed by atoms with Crippen molar-refractivity contribution < 1.29 is 13.2 Å². The monoisotopic (exact) mass is 291 g/mol. The second kappa shape index (κ2) is 5.54. The molecule has 5 heteroatoms. The fraction of sp³-hybridized carbons (Fsp3) is 0.200. The molecule has 0 atom stereocenters. The minimum Gasteiger partial charge on any atom is -0.497 e. The molecule has 0 radical (unpaired) electrons. The van der Waals surface area contributed by atoms with Crippen LogP contribution in [0.1, 0.15) is 5.56 Å². The zero-order valence-corrected chi connectivity index (χ0v) is 12.5. The summed E-state index contributed by atoms with van der Waals surface area (Å²) in [6, 6.07) is 13.7. The van der Waals surface area contributed by atoms with Crippen LogP contribution in [-0.2, 0) is 10.0 Å². The number of hydrogen-bond donors (Lipinski definition) is 0. The Kier molecular flexibility index (Phi) is 3.99. The van der Waals surface area contributed by atoms with E-state index in [1.54, 1.807) is 50.6 Å². The first-order valence-electron chi connectivity index (χ1n) is 6.15. The van der Waals surface area contributed by atoms with Gasteiger partial charge in [-0.3, -0.25) is 4.31 Å². The highest BCUT2D eigenvalue weighted by molar-refractivity contribution is 7.92. The lowest BCUT2D eigenvalue weighted by atomic mass is 10.2. The molecule has 0 aliphatic carbocycles. The zero-order chi connectivity index (χ0) is 14.8. The summed E-state index contributed by atoms with van der Waals surface area (Å²) in [7, 11) is -0.463. The van der Waals surface area contributed by atoms with Crippen LogP contribution in [0.15, 0.2) is 53.4 Å². The van der Waals surface area contributed by atoms with Crippen LogP contribution in [-0.4, -0.2) is 22.6 Å². The van der Waals surface area contributed by atoms with Crippen LogP contribution >= 0.6 is 0 Å². The average Bonchev–Trinajstić information content (AvgIpc) is 2.47. The summed E-state index contributed by atoms with van der Waals surface area (Å²) in [6.07, 6.45) is 0. The quantitative estimate of drug-likeness (QED) is 0.870. The Morgan fingerprint density at radius 3 is 2.00 bits per heavy atom. The molecule has 2 aromatic rings. The van der Waals surface area contributed by atoms with Gasteiger partial charge < -0.3 is 4.74 Å². The summed E-state index contributed by atoms with van der Waals surface area (Å²) in [6.45, 7) is 1.96. The standard InChI is InChI=1S/C15H17NO3S/c1-12-4-6-13(7-5-12)16(2)20(17,18)15-10-8-14(19-3)9-11-15/h4-11H,1-3H3. The van der Waals surface area contributed by atoms with E-state index >= 15 is 0 Å². The average molecular weight is 291 g/mol. The molecule has 2 rings (SSSR count). The van der Waals surface area contributed by atoms with E-state index < -0.39 is 10.0 Å². The van der Waals surface area contributed by atoms with Crippen molar-refractivity contribution in [1.29, 1.82) is 0 Å². The molecule has 2 aromatic carbocycles. The number of methoxy groups -OCH3 is 1. The van der Waals surface area contributed by atoms with E-state index in [0.29, 0.717) is 11.4 Å². The molecule has 0 spiro atoms. The van der Waals surface area contributed by atoms with E-state index in [1.807, 2.05) is 19.1 Å². The molecule has 0 bridgehead atoms. The Hall–Kier alpha value is -2.01. The fourth-order valence-electron chi connectivity index (χ4n) is 1.80. The molecule has 0 fully saturated rings. The van der Waals surface area contributed by atoms with Crippen molar-refractivity contribution in [2.75, 3.05) is 18.5 Å². The van der Waals surface area contributed by atoms with Crippen LogP contribution < -0.4 is 9.04 Å². The van der Waals surface area contributed by atoms with E-state index in [2.05, 4.69) is 0 Å². The smallest absolute Gasteiger partial charge is 0.264 e. The first-order valence-corrected chi connectivity index (χ1v) is 7.59. The molecule has 20 heavy (non-hydrogen) atoms. The highest BCUT2D eigenvalue weighted by Crippen LogP contribution is 2.23. The number of benzene rings is 2. The molecule has 0 aliphatic heterocycles. The summed E-state index contributed by atoms with van der Waals surface area (Å²) in [5, 5.41) is 0. The third-order valence-corrected chi connectivity index (χ3v) is 4.92. The van der Waals surface area contributed by atoms with Gasteiger partial charge in [-0.15, -0.1) is 0 Å². The van der Waals surface area contributed by atoms with Gasteiger partial charge in [0.15, 0.2) is 0 Å². The van der Waals surface area contributed by atoms with Gasteiger partial charge in [0.05, 0.1) is 17.7 Å². The van der Waals surface area contributed by atoms with Crippen molar-refractivity contribution >= 4 is 15.7 Å². The topological polar surface area (TPSA) is 46.6 Å². The molecular formula is C15H17NO3S. The summed E-state index contributed by atoms with van der Waals surface area (Å²) in [5.74, 6) is 0.627. The van der Waals surface area contributed by atoms with Crippen LogP contribution in [0.3, 0.4) is 0 Å². The summed E-state index contributed by atoms with van der Waals surface area (Å²) in [5.41, 5.74) is 1.72. The predicted molar refractivity (Wildman–Crippen MR) is 79.8 cm³/mol. The van der Waals surface area contributed by atoms with E-state index in [-0.39, 0.29) is 4.90 Å². The first kappa shape index (κ1) is 14.4. The van der Waals surface area contributed by atoms with Crippen molar-refractivity contribution in [3.63, 3.8) is 0 Å². The van der Waals surface area contributed by atoms with Gasteiger partial charge in [-0.05, 0) is 43.3 Å². The Bertz CT molecular complexity index is 676. The zero-order valence-electron chi connectivity index (χ0n) is 11.7. The maximum Gasteiger partial charge on any atom is 0.264 e. The van der Waals surface area contributed by atoms with Crippen LogP contribution in [0.25, 0.3) is 0 Å². The van der Waals surface area contributed by atoms with Crippen LogP contribution in [0.5, 0.6) is 5.75 Å². The van der Waals surface area contributed by atoms with Gasteiger partial charge >= 0.3 is 0 Å². The lowest BCUT2D eigenvalue weighted by Crippen LogP contribution is -2.26. The molecule has 0 saturated carbocycles. The highest BCUT2D eigenvalue weighted by Gasteiger charge is 2.21. The number of hydrogen-bond acceptors (Lipinski definition) is 3. The summed E-state index contributed by atoms with van der Waals surface area (Å²) < 4.78 is 31.3. The Morgan fingerprint density at radius 2 is 1.50 bits per heavy atom. The highest BCUT2D eigenvalue weighted by atomic mass is 32.2. The van der Waals surface area contributed by atoms with Crippen LogP contribution in [0.4, 0.5) is 5.69 Å². The molecule has 0 aromatic heterocycles. The lowest BCUT2D eigenvalue weighted by molar-refractivity contribution is 0.414. The second-order valence-corrected chi connectivity index (χ2v) is 6.45. The van der Waals surface area contributed by atoms with E-state index in [4.69, 9.17) is 4.74 Å². The molecular weight excluding hydrogens is 274 g/mol. The molecule has 0 unspecified atom stereocenters. The number of rotatable bonds is 4. The Morgan fingerprint density at radius 1 is 0.950 bits per heavy atom.